The quantitative estimate of drug-likeness (QED) is 0.854. The molecule has 0 bridgehead atoms. The molecule has 2 heterocycles. The molecule has 3 rings (SSSR count). The van der Waals surface area contributed by atoms with E-state index >= 15 is 0 Å². The average molecular weight is 337 g/mol. The number of hydrogen-bond donors (Lipinski definition) is 0. The fourth-order valence-electron chi connectivity index (χ4n) is 2.50. The number of aromatic nitrogens is 1. The summed E-state index contributed by atoms with van der Waals surface area (Å²) in [5.74, 6) is -0.0694. The fourth-order valence-corrected chi connectivity index (χ4v) is 3.48. The number of likely N-dealkylation sites (N-methyl/N-ethyl adjacent to an activating group) is 1. The third-order valence-electron chi connectivity index (χ3n) is 3.64. The van der Waals surface area contributed by atoms with Crippen LogP contribution in [0.1, 0.15) is 23.3 Å². The van der Waals surface area contributed by atoms with E-state index in [-0.39, 0.29) is 12.0 Å². The lowest BCUT2D eigenvalue weighted by Crippen LogP contribution is -2.34. The van der Waals surface area contributed by atoms with Gasteiger partial charge in [-0.2, -0.15) is 0 Å². The Labute approximate surface area is 138 Å². The van der Waals surface area contributed by atoms with Gasteiger partial charge in [0, 0.05) is 36.2 Å². The largest absolute Gasteiger partial charge is 0.376 e. The van der Waals surface area contributed by atoms with Crippen LogP contribution >= 0.6 is 22.9 Å². The van der Waals surface area contributed by atoms with E-state index in [1.165, 1.54) is 11.3 Å². The van der Waals surface area contributed by atoms with Crippen molar-refractivity contribution in [2.75, 3.05) is 20.2 Å². The first kappa shape index (κ1) is 15.5. The molecule has 1 aliphatic rings. The van der Waals surface area contributed by atoms with Crippen LogP contribution in [-0.2, 0) is 4.74 Å². The number of hydrogen-bond acceptors (Lipinski definition) is 4. The normalized spacial score (nSPS) is 17.6. The van der Waals surface area contributed by atoms with Gasteiger partial charge < -0.3 is 9.64 Å². The van der Waals surface area contributed by atoms with E-state index in [1.807, 2.05) is 24.3 Å². The molecule has 4 nitrogen and oxygen atoms in total. The third-order valence-corrected chi connectivity index (χ3v) is 4.77. The smallest absolute Gasteiger partial charge is 0.273 e. The van der Waals surface area contributed by atoms with E-state index in [9.17, 15) is 4.79 Å². The van der Waals surface area contributed by atoms with Gasteiger partial charge in [0.1, 0.15) is 10.7 Å². The molecule has 0 N–H and O–H groups in total. The number of carbonyl (C=O) groups excluding carboxylic acids is 1. The first-order valence-corrected chi connectivity index (χ1v) is 8.48. The summed E-state index contributed by atoms with van der Waals surface area (Å²) in [6, 6.07) is 7.49. The van der Waals surface area contributed by atoms with Crippen molar-refractivity contribution in [2.45, 2.75) is 18.9 Å². The maximum Gasteiger partial charge on any atom is 0.273 e. The minimum atomic E-state index is -0.0694. The minimum absolute atomic E-state index is 0.0694. The summed E-state index contributed by atoms with van der Waals surface area (Å²) in [6.45, 7) is 1.41. The average Bonchev–Trinajstić information content (AvgIpc) is 3.17. The van der Waals surface area contributed by atoms with E-state index in [1.54, 1.807) is 17.3 Å². The van der Waals surface area contributed by atoms with Gasteiger partial charge in [-0.25, -0.2) is 4.98 Å². The van der Waals surface area contributed by atoms with Crippen molar-refractivity contribution in [3.8, 4) is 10.6 Å². The molecule has 0 aliphatic carbocycles. The van der Waals surface area contributed by atoms with Crippen molar-refractivity contribution >= 4 is 28.8 Å². The number of carbonyl (C=O) groups is 1. The number of thiazole rings is 1. The van der Waals surface area contributed by atoms with Crippen LogP contribution in [0.15, 0.2) is 29.6 Å². The lowest BCUT2D eigenvalue weighted by molar-refractivity contribution is 0.0583. The highest BCUT2D eigenvalue weighted by molar-refractivity contribution is 7.13. The molecule has 116 valence electrons. The van der Waals surface area contributed by atoms with Crippen molar-refractivity contribution in [1.29, 1.82) is 0 Å². The zero-order valence-electron chi connectivity index (χ0n) is 12.3. The van der Waals surface area contributed by atoms with Gasteiger partial charge in [-0.15, -0.1) is 11.3 Å². The van der Waals surface area contributed by atoms with Gasteiger partial charge in [0.25, 0.3) is 5.91 Å². The second-order valence-electron chi connectivity index (χ2n) is 5.37. The van der Waals surface area contributed by atoms with Crippen molar-refractivity contribution < 1.29 is 9.53 Å². The lowest BCUT2D eigenvalue weighted by Gasteiger charge is -2.19. The lowest BCUT2D eigenvalue weighted by atomic mass is 10.2. The van der Waals surface area contributed by atoms with Crippen molar-refractivity contribution in [1.82, 2.24) is 9.88 Å². The molecular formula is C16H17ClN2O2S. The highest BCUT2D eigenvalue weighted by atomic mass is 35.5. The fraction of sp³-hybridized carbons (Fsp3) is 0.375. The molecule has 0 saturated carbocycles. The van der Waals surface area contributed by atoms with Gasteiger partial charge in [0.15, 0.2) is 0 Å². The molecule has 1 aromatic heterocycles. The Morgan fingerprint density at radius 1 is 1.55 bits per heavy atom. The zero-order chi connectivity index (χ0) is 15.5. The van der Waals surface area contributed by atoms with Gasteiger partial charge in [0.05, 0.1) is 6.10 Å². The van der Waals surface area contributed by atoms with E-state index in [4.69, 9.17) is 16.3 Å². The SMILES string of the molecule is CN(C[C@H]1CCCO1)C(=O)c1csc(-c2cccc(Cl)c2)n1. The molecule has 1 aromatic carbocycles. The molecule has 1 aliphatic heterocycles. The van der Waals surface area contributed by atoms with Crippen LogP contribution < -0.4 is 0 Å². The van der Waals surface area contributed by atoms with Crippen LogP contribution in [0.2, 0.25) is 5.02 Å². The maximum absolute atomic E-state index is 12.4. The third kappa shape index (κ3) is 3.48. The molecule has 2 aromatic rings. The molecule has 1 atom stereocenters. The predicted octanol–water partition coefficient (Wildman–Crippen LogP) is 3.71. The maximum atomic E-state index is 12.4. The highest BCUT2D eigenvalue weighted by Gasteiger charge is 2.22. The topological polar surface area (TPSA) is 42.4 Å². The van der Waals surface area contributed by atoms with Crippen LogP contribution in [0.25, 0.3) is 10.6 Å². The summed E-state index contributed by atoms with van der Waals surface area (Å²) in [4.78, 5) is 18.6. The Morgan fingerprint density at radius 3 is 3.14 bits per heavy atom. The number of benzene rings is 1. The molecular weight excluding hydrogens is 320 g/mol. The van der Waals surface area contributed by atoms with E-state index in [0.717, 1.165) is 30.0 Å². The molecule has 1 saturated heterocycles. The molecule has 22 heavy (non-hydrogen) atoms. The summed E-state index contributed by atoms with van der Waals surface area (Å²) in [6.07, 6.45) is 2.24. The highest BCUT2D eigenvalue weighted by Crippen LogP contribution is 2.26. The van der Waals surface area contributed by atoms with Crippen molar-refractivity contribution in [3.05, 3.63) is 40.4 Å². The number of rotatable bonds is 4. The second-order valence-corrected chi connectivity index (χ2v) is 6.66. The molecule has 6 heteroatoms. The zero-order valence-corrected chi connectivity index (χ0v) is 13.9. The van der Waals surface area contributed by atoms with Crippen LogP contribution in [-0.4, -0.2) is 42.1 Å². The first-order valence-electron chi connectivity index (χ1n) is 7.22. The number of halogens is 1. The van der Waals surface area contributed by atoms with Crippen LogP contribution in [0.4, 0.5) is 0 Å². The molecule has 0 spiro atoms. The van der Waals surface area contributed by atoms with Crippen LogP contribution in [0, 0.1) is 0 Å². The van der Waals surface area contributed by atoms with E-state index in [2.05, 4.69) is 4.98 Å². The summed E-state index contributed by atoms with van der Waals surface area (Å²) >= 11 is 7.45. The molecule has 1 amide bonds. The van der Waals surface area contributed by atoms with Gasteiger partial charge in [-0.05, 0) is 25.0 Å². The predicted molar refractivity (Wildman–Crippen MR) is 88.5 cm³/mol. The van der Waals surface area contributed by atoms with E-state index < -0.39 is 0 Å². The number of ether oxygens (including phenoxy) is 1. The van der Waals surface area contributed by atoms with E-state index in [0.29, 0.717) is 17.3 Å². The van der Waals surface area contributed by atoms with Gasteiger partial charge in [-0.3, -0.25) is 4.79 Å². The summed E-state index contributed by atoms with van der Waals surface area (Å²) in [5.41, 5.74) is 1.40. The Kier molecular flexibility index (Phi) is 4.76. The second kappa shape index (κ2) is 6.77. The Hall–Kier alpha value is -1.43. The molecule has 0 radical (unpaired) electrons. The summed E-state index contributed by atoms with van der Waals surface area (Å²) in [5, 5.41) is 3.26. The van der Waals surface area contributed by atoms with Crippen LogP contribution in [0.5, 0.6) is 0 Å². The van der Waals surface area contributed by atoms with Gasteiger partial charge in [-0.1, -0.05) is 23.7 Å². The Morgan fingerprint density at radius 2 is 2.41 bits per heavy atom. The Bertz CT molecular complexity index is 668. The summed E-state index contributed by atoms with van der Waals surface area (Å²) in [7, 11) is 1.79. The number of nitrogens with zero attached hydrogens (tertiary/aromatic N) is 2. The number of amides is 1. The first-order chi connectivity index (χ1) is 10.6. The standard InChI is InChI=1S/C16H17ClN2O2S/c1-19(9-13-6-3-7-21-13)16(20)14-10-22-15(18-14)11-4-2-5-12(17)8-11/h2,4-5,8,10,13H,3,6-7,9H2,1H3/t13-/m1/s1. The Balaban J connectivity index is 1.71. The molecule has 1 fully saturated rings. The molecule has 0 unspecified atom stereocenters. The van der Waals surface area contributed by atoms with Crippen molar-refractivity contribution in [2.24, 2.45) is 0 Å². The van der Waals surface area contributed by atoms with Crippen LogP contribution in [0.3, 0.4) is 0 Å². The monoisotopic (exact) mass is 336 g/mol. The van der Waals surface area contributed by atoms with Crippen molar-refractivity contribution in [3.63, 3.8) is 0 Å². The van der Waals surface area contributed by atoms with Gasteiger partial charge in [0.2, 0.25) is 0 Å². The summed E-state index contributed by atoms with van der Waals surface area (Å²) < 4.78 is 5.57. The van der Waals surface area contributed by atoms with Gasteiger partial charge >= 0.3 is 0 Å². The minimum Gasteiger partial charge on any atom is -0.376 e.